The molecule has 4 bridgehead atoms. The maximum Gasteiger partial charge on any atom is 0.0951 e. The third kappa shape index (κ3) is 2.19. The third-order valence-electron chi connectivity index (χ3n) is 5.85. The highest BCUT2D eigenvalue weighted by Gasteiger charge is 2.49. The molecule has 108 valence electrons. The summed E-state index contributed by atoms with van der Waals surface area (Å²) in [7, 11) is 0. The molecule has 0 saturated heterocycles. The van der Waals surface area contributed by atoms with E-state index in [1.807, 2.05) is 0 Å². The second kappa shape index (κ2) is 5.16. The molecule has 5 rings (SSSR count). The first-order chi connectivity index (χ1) is 9.83. The smallest absolute Gasteiger partial charge is 0.0951 e. The van der Waals surface area contributed by atoms with Gasteiger partial charge in [-0.25, -0.2) is 0 Å². The first-order valence-corrected chi connectivity index (χ1v) is 8.24. The van der Waals surface area contributed by atoms with Crippen LogP contribution in [0.5, 0.6) is 0 Å². The Hall–Kier alpha value is -0.860. The van der Waals surface area contributed by atoms with Crippen molar-refractivity contribution in [3.8, 4) is 0 Å². The van der Waals surface area contributed by atoms with Gasteiger partial charge in [-0.05, 0) is 61.3 Å². The zero-order valence-corrected chi connectivity index (χ0v) is 12.1. The average Bonchev–Trinajstić information content (AvgIpc) is 2.47. The normalized spacial score (nSPS) is 40.0. The SMILES string of the molecule is NCC(OC1C2CC3CC(C2)CC1C3)c1ccccc1. The van der Waals surface area contributed by atoms with Crippen LogP contribution in [0, 0.1) is 23.7 Å². The van der Waals surface area contributed by atoms with Gasteiger partial charge in [0.2, 0.25) is 0 Å². The second-order valence-corrected chi connectivity index (χ2v) is 7.17. The van der Waals surface area contributed by atoms with Crippen LogP contribution in [-0.4, -0.2) is 12.6 Å². The van der Waals surface area contributed by atoms with E-state index in [1.165, 1.54) is 37.7 Å². The van der Waals surface area contributed by atoms with Gasteiger partial charge in [0.1, 0.15) is 0 Å². The van der Waals surface area contributed by atoms with E-state index in [1.54, 1.807) is 0 Å². The fourth-order valence-corrected chi connectivity index (χ4v) is 5.23. The van der Waals surface area contributed by atoms with Gasteiger partial charge in [-0.15, -0.1) is 0 Å². The molecule has 0 spiro atoms. The van der Waals surface area contributed by atoms with E-state index in [-0.39, 0.29) is 6.10 Å². The number of benzene rings is 1. The van der Waals surface area contributed by atoms with E-state index in [0.29, 0.717) is 12.6 Å². The highest BCUT2D eigenvalue weighted by Crippen LogP contribution is 2.55. The summed E-state index contributed by atoms with van der Waals surface area (Å²) >= 11 is 0. The molecule has 20 heavy (non-hydrogen) atoms. The van der Waals surface area contributed by atoms with Crippen molar-refractivity contribution >= 4 is 0 Å². The van der Waals surface area contributed by atoms with Crippen molar-refractivity contribution in [1.29, 1.82) is 0 Å². The molecule has 4 fully saturated rings. The predicted molar refractivity (Wildman–Crippen MR) is 80.2 cm³/mol. The molecule has 2 N–H and O–H groups in total. The van der Waals surface area contributed by atoms with Crippen LogP contribution < -0.4 is 5.73 Å². The van der Waals surface area contributed by atoms with Crippen LogP contribution in [0.25, 0.3) is 0 Å². The molecule has 0 aliphatic heterocycles. The van der Waals surface area contributed by atoms with Gasteiger partial charge in [0, 0.05) is 6.54 Å². The molecule has 2 nitrogen and oxygen atoms in total. The maximum atomic E-state index is 6.54. The van der Waals surface area contributed by atoms with Gasteiger partial charge in [-0.3, -0.25) is 0 Å². The molecule has 0 heterocycles. The van der Waals surface area contributed by atoms with E-state index in [4.69, 9.17) is 10.5 Å². The number of rotatable bonds is 4. The molecule has 1 aromatic carbocycles. The van der Waals surface area contributed by atoms with Gasteiger partial charge in [0.25, 0.3) is 0 Å². The molecule has 2 heteroatoms. The summed E-state index contributed by atoms with van der Waals surface area (Å²) in [5.41, 5.74) is 7.22. The van der Waals surface area contributed by atoms with Crippen molar-refractivity contribution in [3.05, 3.63) is 35.9 Å². The van der Waals surface area contributed by atoms with Gasteiger partial charge < -0.3 is 10.5 Å². The number of hydrogen-bond donors (Lipinski definition) is 1. The molecular formula is C18H25NO. The Morgan fingerprint density at radius 2 is 1.55 bits per heavy atom. The van der Waals surface area contributed by atoms with Gasteiger partial charge in [0.15, 0.2) is 0 Å². The van der Waals surface area contributed by atoms with Crippen molar-refractivity contribution in [2.45, 2.75) is 44.3 Å². The summed E-state index contributed by atoms with van der Waals surface area (Å²) in [6.07, 6.45) is 7.68. The maximum absolute atomic E-state index is 6.54. The lowest BCUT2D eigenvalue weighted by Crippen LogP contribution is -2.50. The predicted octanol–water partition coefficient (Wildman–Crippen LogP) is 3.53. The fraction of sp³-hybridized carbons (Fsp3) is 0.667. The lowest BCUT2D eigenvalue weighted by molar-refractivity contribution is -0.150. The van der Waals surface area contributed by atoms with Crippen molar-refractivity contribution in [2.24, 2.45) is 29.4 Å². The minimum absolute atomic E-state index is 0.0822. The Labute approximate surface area is 121 Å². The Bertz CT molecular complexity index is 430. The molecule has 4 aliphatic carbocycles. The Morgan fingerprint density at radius 1 is 0.950 bits per heavy atom. The molecule has 1 unspecified atom stereocenters. The van der Waals surface area contributed by atoms with Crippen LogP contribution in [0.3, 0.4) is 0 Å². The quantitative estimate of drug-likeness (QED) is 0.909. The summed E-state index contributed by atoms with van der Waals surface area (Å²) in [5.74, 6) is 3.63. The van der Waals surface area contributed by atoms with E-state index in [0.717, 1.165) is 23.7 Å². The van der Waals surface area contributed by atoms with E-state index < -0.39 is 0 Å². The van der Waals surface area contributed by atoms with E-state index in [9.17, 15) is 0 Å². The van der Waals surface area contributed by atoms with Crippen molar-refractivity contribution < 1.29 is 4.74 Å². The van der Waals surface area contributed by atoms with Crippen LogP contribution in [0.2, 0.25) is 0 Å². The van der Waals surface area contributed by atoms with Gasteiger partial charge in [0.05, 0.1) is 12.2 Å². The molecule has 0 amide bonds. The van der Waals surface area contributed by atoms with Crippen LogP contribution in [0.15, 0.2) is 30.3 Å². The van der Waals surface area contributed by atoms with Gasteiger partial charge in [-0.1, -0.05) is 30.3 Å². The van der Waals surface area contributed by atoms with Crippen molar-refractivity contribution in [2.75, 3.05) is 6.54 Å². The van der Waals surface area contributed by atoms with E-state index in [2.05, 4.69) is 30.3 Å². The zero-order valence-electron chi connectivity index (χ0n) is 12.1. The molecule has 1 aromatic rings. The highest BCUT2D eigenvalue weighted by molar-refractivity contribution is 5.18. The second-order valence-electron chi connectivity index (χ2n) is 7.17. The summed E-state index contributed by atoms with van der Waals surface area (Å²) in [4.78, 5) is 0. The Kier molecular flexibility index (Phi) is 3.31. The number of ether oxygens (including phenoxy) is 1. The standard InChI is InChI=1S/C18H25NO/c19-11-17(14-4-2-1-3-5-14)20-18-15-7-12-6-13(9-15)10-16(18)8-12/h1-5,12-13,15-18H,6-11,19H2. The minimum Gasteiger partial charge on any atom is -0.368 e. The average molecular weight is 271 g/mol. The van der Waals surface area contributed by atoms with E-state index >= 15 is 0 Å². The number of nitrogens with two attached hydrogens (primary N) is 1. The Morgan fingerprint density at radius 3 is 2.10 bits per heavy atom. The molecular weight excluding hydrogens is 246 g/mol. The Balaban J connectivity index is 1.50. The highest BCUT2D eigenvalue weighted by atomic mass is 16.5. The zero-order chi connectivity index (χ0) is 13.5. The third-order valence-corrected chi connectivity index (χ3v) is 5.85. The van der Waals surface area contributed by atoms with Crippen LogP contribution in [0.4, 0.5) is 0 Å². The van der Waals surface area contributed by atoms with Crippen LogP contribution in [0.1, 0.15) is 43.8 Å². The summed E-state index contributed by atoms with van der Waals surface area (Å²) in [6, 6.07) is 10.5. The molecule has 4 aliphatic rings. The topological polar surface area (TPSA) is 35.2 Å². The lowest BCUT2D eigenvalue weighted by atomic mass is 9.55. The summed E-state index contributed by atoms with van der Waals surface area (Å²) in [6.45, 7) is 0.590. The molecule has 1 atom stereocenters. The minimum atomic E-state index is 0.0822. The molecule has 4 saturated carbocycles. The van der Waals surface area contributed by atoms with Gasteiger partial charge in [-0.2, -0.15) is 0 Å². The number of hydrogen-bond acceptors (Lipinski definition) is 2. The largest absolute Gasteiger partial charge is 0.368 e. The molecule has 0 radical (unpaired) electrons. The van der Waals surface area contributed by atoms with Crippen LogP contribution in [-0.2, 0) is 4.74 Å². The monoisotopic (exact) mass is 271 g/mol. The summed E-state index contributed by atoms with van der Waals surface area (Å²) < 4.78 is 6.54. The van der Waals surface area contributed by atoms with Crippen molar-refractivity contribution in [3.63, 3.8) is 0 Å². The first kappa shape index (κ1) is 12.8. The lowest BCUT2D eigenvalue weighted by Gasteiger charge is -2.54. The molecule has 0 aromatic heterocycles. The fourth-order valence-electron chi connectivity index (χ4n) is 5.23. The van der Waals surface area contributed by atoms with Crippen LogP contribution >= 0.6 is 0 Å². The first-order valence-electron chi connectivity index (χ1n) is 8.24. The van der Waals surface area contributed by atoms with Crippen molar-refractivity contribution in [1.82, 2.24) is 0 Å². The summed E-state index contributed by atoms with van der Waals surface area (Å²) in [5, 5.41) is 0. The van der Waals surface area contributed by atoms with Gasteiger partial charge >= 0.3 is 0 Å².